The van der Waals surface area contributed by atoms with Crippen LogP contribution in [0.3, 0.4) is 0 Å². The number of rotatable bonds is 4. The quantitative estimate of drug-likeness (QED) is 0.643. The molecule has 0 aliphatic heterocycles. The maximum atomic E-state index is 12.1. The molecule has 1 N–H and O–H groups in total. The van der Waals surface area contributed by atoms with Crippen LogP contribution in [0.4, 0.5) is 5.69 Å². The minimum atomic E-state index is -1.03. The van der Waals surface area contributed by atoms with Gasteiger partial charge in [0, 0.05) is 11.2 Å². The minimum Gasteiger partial charge on any atom is -0.449 e. The normalized spacial score (nSPS) is 11.7. The molecule has 8 heteroatoms. The summed E-state index contributed by atoms with van der Waals surface area (Å²) in [6, 6.07) is 7.55. The topological polar surface area (TPSA) is 68.3 Å². The van der Waals surface area contributed by atoms with Gasteiger partial charge in [0.1, 0.15) is 5.15 Å². The second-order valence-corrected chi connectivity index (χ2v) is 5.76. The summed E-state index contributed by atoms with van der Waals surface area (Å²) in [5.74, 6) is -1.22. The van der Waals surface area contributed by atoms with Crippen molar-refractivity contribution in [2.75, 3.05) is 5.32 Å². The van der Waals surface area contributed by atoms with Gasteiger partial charge < -0.3 is 10.1 Å². The van der Waals surface area contributed by atoms with Crippen LogP contribution in [0, 0.1) is 0 Å². The number of nitrogens with one attached hydrogen (secondary N) is 1. The van der Waals surface area contributed by atoms with E-state index >= 15 is 0 Å². The summed E-state index contributed by atoms with van der Waals surface area (Å²) in [6.45, 7) is 1.44. The third kappa shape index (κ3) is 4.82. The molecule has 0 fully saturated rings. The number of halogens is 3. The second-order valence-electron chi connectivity index (χ2n) is 4.53. The first kappa shape index (κ1) is 17.5. The lowest BCUT2D eigenvalue weighted by molar-refractivity contribution is -0.123. The number of hydrogen-bond donors (Lipinski definition) is 1. The Balaban J connectivity index is 2.01. The highest BCUT2D eigenvalue weighted by Gasteiger charge is 2.20. The van der Waals surface area contributed by atoms with Crippen molar-refractivity contribution in [2.45, 2.75) is 13.0 Å². The van der Waals surface area contributed by atoms with Gasteiger partial charge in [-0.05, 0) is 37.3 Å². The Morgan fingerprint density at radius 3 is 2.57 bits per heavy atom. The molecule has 1 heterocycles. The summed E-state index contributed by atoms with van der Waals surface area (Å²) in [6.07, 6.45) is 0.233. The standard InChI is InChI=1S/C15H11Cl3N2O3/c1-8(23-15(22)9-2-5-13(18)19-7-9)14(21)20-12-6-10(16)3-4-11(12)17/h2-8H,1H3,(H,20,21)/t8-/m0/s1. The summed E-state index contributed by atoms with van der Waals surface area (Å²) in [5, 5.41) is 3.54. The summed E-state index contributed by atoms with van der Waals surface area (Å²) >= 11 is 17.4. The molecular formula is C15H11Cl3N2O3. The molecule has 0 saturated heterocycles. The van der Waals surface area contributed by atoms with Crippen molar-refractivity contribution in [3.8, 4) is 0 Å². The number of anilines is 1. The van der Waals surface area contributed by atoms with Gasteiger partial charge in [0.25, 0.3) is 5.91 Å². The van der Waals surface area contributed by atoms with Crippen molar-refractivity contribution < 1.29 is 14.3 Å². The second kappa shape index (κ2) is 7.64. The fourth-order valence-corrected chi connectivity index (χ4v) is 2.06. The Morgan fingerprint density at radius 2 is 1.91 bits per heavy atom. The van der Waals surface area contributed by atoms with Gasteiger partial charge in [-0.15, -0.1) is 0 Å². The summed E-state index contributed by atoms with van der Waals surface area (Å²) < 4.78 is 5.07. The molecule has 0 spiro atoms. The monoisotopic (exact) mass is 372 g/mol. The van der Waals surface area contributed by atoms with Crippen LogP contribution >= 0.6 is 34.8 Å². The lowest BCUT2D eigenvalue weighted by Crippen LogP contribution is -2.30. The van der Waals surface area contributed by atoms with Gasteiger partial charge in [0.05, 0.1) is 16.3 Å². The molecule has 0 radical (unpaired) electrons. The number of carbonyl (C=O) groups is 2. The zero-order valence-corrected chi connectivity index (χ0v) is 14.1. The highest BCUT2D eigenvalue weighted by molar-refractivity contribution is 6.35. The lowest BCUT2D eigenvalue weighted by atomic mass is 10.2. The van der Waals surface area contributed by atoms with E-state index in [4.69, 9.17) is 39.5 Å². The molecule has 0 bridgehead atoms. The predicted molar refractivity (Wildman–Crippen MR) is 89.2 cm³/mol. The first-order valence-electron chi connectivity index (χ1n) is 6.45. The molecule has 0 unspecified atom stereocenters. The number of nitrogens with zero attached hydrogens (tertiary/aromatic N) is 1. The van der Waals surface area contributed by atoms with Crippen LogP contribution in [0.5, 0.6) is 0 Å². The lowest BCUT2D eigenvalue weighted by Gasteiger charge is -2.14. The predicted octanol–water partition coefficient (Wildman–Crippen LogP) is 4.23. The first-order chi connectivity index (χ1) is 10.9. The van der Waals surface area contributed by atoms with Crippen LogP contribution in [0.25, 0.3) is 0 Å². The molecule has 2 rings (SSSR count). The third-order valence-corrected chi connectivity index (χ3v) is 3.59. The van der Waals surface area contributed by atoms with Crippen molar-refractivity contribution in [1.82, 2.24) is 4.98 Å². The largest absolute Gasteiger partial charge is 0.449 e. The molecule has 1 aromatic carbocycles. The number of carbonyl (C=O) groups excluding carboxylic acids is 2. The smallest absolute Gasteiger partial charge is 0.340 e. The Bertz CT molecular complexity index is 735. The van der Waals surface area contributed by atoms with Crippen LogP contribution in [0.15, 0.2) is 36.5 Å². The number of esters is 1. The zero-order chi connectivity index (χ0) is 17.0. The Kier molecular flexibility index (Phi) is 5.82. The number of aromatic nitrogens is 1. The van der Waals surface area contributed by atoms with Gasteiger partial charge in [-0.25, -0.2) is 9.78 Å². The fraction of sp³-hybridized carbons (Fsp3) is 0.133. The maximum absolute atomic E-state index is 12.1. The van der Waals surface area contributed by atoms with Crippen molar-refractivity contribution >= 4 is 52.4 Å². The SMILES string of the molecule is C[C@H](OC(=O)c1ccc(Cl)nc1)C(=O)Nc1cc(Cl)ccc1Cl. The van der Waals surface area contributed by atoms with Crippen LogP contribution in [-0.4, -0.2) is 23.0 Å². The number of pyridine rings is 1. The highest BCUT2D eigenvalue weighted by atomic mass is 35.5. The van der Waals surface area contributed by atoms with E-state index in [1.165, 1.54) is 31.3 Å². The highest BCUT2D eigenvalue weighted by Crippen LogP contribution is 2.25. The van der Waals surface area contributed by atoms with Gasteiger partial charge in [-0.1, -0.05) is 34.8 Å². The van der Waals surface area contributed by atoms with Crippen LogP contribution < -0.4 is 5.32 Å². The van der Waals surface area contributed by atoms with Crippen molar-refractivity contribution in [3.05, 3.63) is 57.3 Å². The molecule has 1 atom stereocenters. The zero-order valence-electron chi connectivity index (χ0n) is 11.8. The van der Waals surface area contributed by atoms with Gasteiger partial charge in [0.2, 0.25) is 0 Å². The van der Waals surface area contributed by atoms with Gasteiger partial charge >= 0.3 is 5.97 Å². The number of ether oxygens (including phenoxy) is 1. The van der Waals surface area contributed by atoms with E-state index < -0.39 is 18.0 Å². The van der Waals surface area contributed by atoms with Crippen molar-refractivity contribution in [3.63, 3.8) is 0 Å². The van der Waals surface area contributed by atoms with E-state index in [0.717, 1.165) is 0 Å². The molecule has 5 nitrogen and oxygen atoms in total. The van der Waals surface area contributed by atoms with Gasteiger partial charge in [-0.3, -0.25) is 4.79 Å². The molecule has 2 aromatic rings. The van der Waals surface area contributed by atoms with Crippen LogP contribution in [-0.2, 0) is 9.53 Å². The van der Waals surface area contributed by atoms with Crippen molar-refractivity contribution in [2.24, 2.45) is 0 Å². The average molecular weight is 374 g/mol. The Labute approximate surface area is 147 Å². The van der Waals surface area contributed by atoms with E-state index in [2.05, 4.69) is 10.3 Å². The van der Waals surface area contributed by atoms with E-state index in [9.17, 15) is 9.59 Å². The van der Waals surface area contributed by atoms with E-state index in [1.807, 2.05) is 0 Å². The summed E-state index contributed by atoms with van der Waals surface area (Å²) in [4.78, 5) is 27.8. The molecule has 0 aliphatic rings. The molecule has 0 aliphatic carbocycles. The molecular weight excluding hydrogens is 363 g/mol. The number of hydrogen-bond acceptors (Lipinski definition) is 4. The van der Waals surface area contributed by atoms with E-state index in [-0.39, 0.29) is 10.7 Å². The average Bonchev–Trinajstić information content (AvgIpc) is 2.51. The van der Waals surface area contributed by atoms with Crippen LogP contribution in [0.1, 0.15) is 17.3 Å². The molecule has 0 saturated carbocycles. The molecule has 120 valence electrons. The van der Waals surface area contributed by atoms with Gasteiger partial charge in [0.15, 0.2) is 6.10 Å². The van der Waals surface area contributed by atoms with Crippen molar-refractivity contribution in [1.29, 1.82) is 0 Å². The van der Waals surface area contributed by atoms with Crippen LogP contribution in [0.2, 0.25) is 15.2 Å². The first-order valence-corrected chi connectivity index (χ1v) is 7.58. The minimum absolute atomic E-state index is 0.190. The van der Waals surface area contributed by atoms with Gasteiger partial charge in [-0.2, -0.15) is 0 Å². The summed E-state index contributed by atoms with van der Waals surface area (Å²) in [7, 11) is 0. The molecule has 1 aromatic heterocycles. The molecule has 1 amide bonds. The summed E-state index contributed by atoms with van der Waals surface area (Å²) in [5.41, 5.74) is 0.523. The fourth-order valence-electron chi connectivity index (χ4n) is 1.61. The maximum Gasteiger partial charge on any atom is 0.340 e. The molecule has 23 heavy (non-hydrogen) atoms. The third-order valence-electron chi connectivity index (χ3n) is 2.80. The Hall–Kier alpha value is -1.82. The Morgan fingerprint density at radius 1 is 1.17 bits per heavy atom. The van der Waals surface area contributed by atoms with E-state index in [1.54, 1.807) is 12.1 Å². The van der Waals surface area contributed by atoms with E-state index in [0.29, 0.717) is 15.7 Å². The number of benzene rings is 1. The number of amides is 1.